The van der Waals surface area contributed by atoms with Crippen LogP contribution < -0.4 is 5.32 Å². The quantitative estimate of drug-likeness (QED) is 0.681. The van der Waals surface area contributed by atoms with E-state index < -0.39 is 0 Å². The molecule has 3 aromatic rings. The van der Waals surface area contributed by atoms with Crippen LogP contribution in [0.25, 0.3) is 22.0 Å². The van der Waals surface area contributed by atoms with E-state index in [0.717, 1.165) is 73.0 Å². The van der Waals surface area contributed by atoms with Crippen LogP contribution in [0.1, 0.15) is 37.3 Å². The Morgan fingerprint density at radius 1 is 0.967 bits per heavy atom. The number of piperidine rings is 1. The summed E-state index contributed by atoms with van der Waals surface area (Å²) in [5, 5.41) is 15.6. The highest BCUT2D eigenvalue weighted by atomic mass is 35.5. The van der Waals surface area contributed by atoms with Crippen molar-refractivity contribution in [2.45, 2.75) is 37.6 Å². The minimum Gasteiger partial charge on any atom is -0.341 e. The Kier molecular flexibility index (Phi) is 5.40. The number of nitrogens with one attached hydrogen (secondary N) is 1. The first-order valence-electron chi connectivity index (χ1n) is 10.7. The molecule has 5 nitrogen and oxygen atoms in total. The van der Waals surface area contributed by atoms with Crippen LogP contribution in [0.4, 0.5) is 0 Å². The predicted octanol–water partition coefficient (Wildman–Crippen LogP) is 4.41. The average Bonchev–Trinajstić information content (AvgIpc) is 3.34. The number of aromatic nitrogens is 2. The Morgan fingerprint density at radius 3 is 2.40 bits per heavy atom. The number of amides is 1. The van der Waals surface area contributed by atoms with E-state index >= 15 is 0 Å². The molecule has 2 fully saturated rings. The molecule has 1 N–H and O–H groups in total. The van der Waals surface area contributed by atoms with Crippen LogP contribution >= 0.6 is 11.6 Å². The molecule has 3 heterocycles. The highest BCUT2D eigenvalue weighted by Gasteiger charge is 2.31. The van der Waals surface area contributed by atoms with Gasteiger partial charge in [0.05, 0.1) is 11.7 Å². The Morgan fingerprint density at radius 2 is 1.70 bits per heavy atom. The van der Waals surface area contributed by atoms with Crippen molar-refractivity contribution >= 4 is 28.3 Å². The zero-order valence-corrected chi connectivity index (χ0v) is 17.6. The minimum absolute atomic E-state index is 0.0147. The van der Waals surface area contributed by atoms with Crippen LogP contribution in [0.15, 0.2) is 48.5 Å². The van der Waals surface area contributed by atoms with Crippen molar-refractivity contribution in [3.8, 4) is 11.3 Å². The number of halogens is 1. The van der Waals surface area contributed by atoms with Crippen LogP contribution in [0, 0.1) is 0 Å². The van der Waals surface area contributed by atoms with Gasteiger partial charge in [-0.1, -0.05) is 48.0 Å². The van der Waals surface area contributed by atoms with E-state index in [1.807, 2.05) is 35.2 Å². The SMILES string of the molecule is O=C(C1CCCN1)N1CCC(c2nnc(-c3ccc(Cl)cc3)c3ccccc23)CC1. The molecule has 2 aliphatic rings. The van der Waals surface area contributed by atoms with E-state index in [1.165, 1.54) is 0 Å². The lowest BCUT2D eigenvalue weighted by molar-refractivity contribution is -0.134. The lowest BCUT2D eigenvalue weighted by atomic mass is 9.89. The van der Waals surface area contributed by atoms with Gasteiger partial charge in [0.2, 0.25) is 5.91 Å². The number of hydrogen-bond acceptors (Lipinski definition) is 4. The van der Waals surface area contributed by atoms with E-state index in [0.29, 0.717) is 10.9 Å². The maximum absolute atomic E-state index is 12.7. The smallest absolute Gasteiger partial charge is 0.239 e. The zero-order valence-electron chi connectivity index (χ0n) is 16.9. The maximum Gasteiger partial charge on any atom is 0.239 e. The van der Waals surface area contributed by atoms with Crippen LogP contribution in [0.5, 0.6) is 0 Å². The van der Waals surface area contributed by atoms with E-state index in [-0.39, 0.29) is 11.9 Å². The lowest BCUT2D eigenvalue weighted by Gasteiger charge is -2.33. The van der Waals surface area contributed by atoms with Gasteiger partial charge in [0.1, 0.15) is 5.69 Å². The van der Waals surface area contributed by atoms with Crippen LogP contribution in [0.2, 0.25) is 5.02 Å². The summed E-state index contributed by atoms with van der Waals surface area (Å²) < 4.78 is 0. The van der Waals surface area contributed by atoms with Gasteiger partial charge in [-0.3, -0.25) is 4.79 Å². The summed E-state index contributed by atoms with van der Waals surface area (Å²) in [7, 11) is 0. The van der Waals surface area contributed by atoms with Crippen molar-refractivity contribution in [3.63, 3.8) is 0 Å². The second-order valence-corrected chi connectivity index (χ2v) is 8.67. The third-order valence-corrected chi connectivity index (χ3v) is 6.64. The summed E-state index contributed by atoms with van der Waals surface area (Å²) in [5.74, 6) is 0.585. The Labute approximate surface area is 181 Å². The average molecular weight is 421 g/mol. The fourth-order valence-electron chi connectivity index (χ4n) is 4.74. The zero-order chi connectivity index (χ0) is 20.5. The number of fused-ring (bicyclic) bond motifs is 1. The van der Waals surface area contributed by atoms with Crippen molar-refractivity contribution in [1.29, 1.82) is 0 Å². The van der Waals surface area contributed by atoms with Crippen molar-refractivity contribution in [1.82, 2.24) is 20.4 Å². The Balaban J connectivity index is 1.40. The van der Waals surface area contributed by atoms with Gasteiger partial charge in [-0.15, -0.1) is 5.10 Å². The Bertz CT molecular complexity index is 1050. The molecule has 0 saturated carbocycles. The van der Waals surface area contributed by atoms with Crippen molar-refractivity contribution in [2.24, 2.45) is 0 Å². The molecule has 0 spiro atoms. The van der Waals surface area contributed by atoms with E-state index in [2.05, 4.69) is 33.7 Å². The second kappa shape index (κ2) is 8.32. The van der Waals surface area contributed by atoms with Gasteiger partial charge in [-0.05, 0) is 44.4 Å². The van der Waals surface area contributed by atoms with Crippen LogP contribution in [-0.4, -0.2) is 46.7 Å². The van der Waals surface area contributed by atoms with Gasteiger partial charge >= 0.3 is 0 Å². The summed E-state index contributed by atoms with van der Waals surface area (Å²) >= 11 is 6.05. The fourth-order valence-corrected chi connectivity index (χ4v) is 4.86. The summed E-state index contributed by atoms with van der Waals surface area (Å²) in [5.41, 5.74) is 2.94. The summed E-state index contributed by atoms with van der Waals surface area (Å²) in [6.45, 7) is 2.53. The predicted molar refractivity (Wildman–Crippen MR) is 120 cm³/mol. The molecule has 2 aromatic carbocycles. The summed E-state index contributed by atoms with van der Waals surface area (Å²) in [6, 6.07) is 16.1. The minimum atomic E-state index is 0.0147. The van der Waals surface area contributed by atoms with Gasteiger partial charge in [0.15, 0.2) is 0 Å². The highest BCUT2D eigenvalue weighted by Crippen LogP contribution is 2.35. The number of nitrogens with zero attached hydrogens (tertiary/aromatic N) is 3. The standard InChI is InChI=1S/C24H25ClN4O/c25-18-9-7-16(8-10-18)22-19-4-1-2-5-20(19)23(28-27-22)17-11-14-29(15-12-17)24(30)21-6-3-13-26-21/h1-2,4-5,7-10,17,21,26H,3,6,11-15H2. The van der Waals surface area contributed by atoms with Crippen molar-refractivity contribution in [3.05, 3.63) is 59.2 Å². The van der Waals surface area contributed by atoms with Gasteiger partial charge in [0, 0.05) is 40.4 Å². The fraction of sp³-hybridized carbons (Fsp3) is 0.375. The lowest BCUT2D eigenvalue weighted by Crippen LogP contribution is -2.46. The molecule has 0 radical (unpaired) electrons. The first-order valence-corrected chi connectivity index (χ1v) is 11.1. The van der Waals surface area contributed by atoms with Gasteiger partial charge in [-0.2, -0.15) is 5.10 Å². The third-order valence-electron chi connectivity index (χ3n) is 6.39. The highest BCUT2D eigenvalue weighted by molar-refractivity contribution is 6.30. The molecular weight excluding hydrogens is 396 g/mol. The van der Waals surface area contributed by atoms with E-state index in [4.69, 9.17) is 11.6 Å². The molecule has 0 bridgehead atoms. The second-order valence-electron chi connectivity index (χ2n) is 8.23. The van der Waals surface area contributed by atoms with Gasteiger partial charge in [0.25, 0.3) is 0 Å². The first kappa shape index (κ1) is 19.5. The number of benzene rings is 2. The number of carbonyl (C=O) groups is 1. The van der Waals surface area contributed by atoms with Crippen molar-refractivity contribution < 1.29 is 4.79 Å². The van der Waals surface area contributed by atoms with Gasteiger partial charge in [-0.25, -0.2) is 0 Å². The largest absolute Gasteiger partial charge is 0.341 e. The molecule has 1 aromatic heterocycles. The molecule has 5 rings (SSSR count). The molecule has 0 aliphatic carbocycles. The molecule has 1 amide bonds. The molecule has 1 atom stereocenters. The topological polar surface area (TPSA) is 58.1 Å². The number of carbonyl (C=O) groups excluding carboxylic acids is 1. The van der Waals surface area contributed by atoms with Crippen LogP contribution in [-0.2, 0) is 4.79 Å². The molecule has 30 heavy (non-hydrogen) atoms. The molecule has 2 aliphatic heterocycles. The molecule has 2 saturated heterocycles. The van der Waals surface area contributed by atoms with Gasteiger partial charge < -0.3 is 10.2 Å². The normalized spacial score (nSPS) is 20.0. The van der Waals surface area contributed by atoms with Crippen molar-refractivity contribution in [2.75, 3.05) is 19.6 Å². The first-order chi connectivity index (χ1) is 14.7. The molecule has 6 heteroatoms. The van der Waals surface area contributed by atoms with E-state index in [9.17, 15) is 4.79 Å². The Hall–Kier alpha value is -2.50. The summed E-state index contributed by atoms with van der Waals surface area (Å²) in [6.07, 6.45) is 3.91. The van der Waals surface area contributed by atoms with Crippen LogP contribution in [0.3, 0.4) is 0 Å². The number of hydrogen-bond donors (Lipinski definition) is 1. The molecule has 1 unspecified atom stereocenters. The molecule has 154 valence electrons. The number of likely N-dealkylation sites (tertiary alicyclic amines) is 1. The maximum atomic E-state index is 12.7. The summed E-state index contributed by atoms with van der Waals surface area (Å²) in [4.78, 5) is 14.7. The third kappa shape index (κ3) is 3.68. The van der Waals surface area contributed by atoms with E-state index in [1.54, 1.807) is 0 Å². The molecular formula is C24H25ClN4O. The monoisotopic (exact) mass is 420 g/mol. The number of rotatable bonds is 3.